The molecule has 1 aliphatic heterocycles. The number of alkyl halides is 2. The number of aromatic nitrogens is 2. The van der Waals surface area contributed by atoms with Crippen molar-refractivity contribution in [1.29, 1.82) is 5.26 Å². The molecule has 0 unspecified atom stereocenters. The summed E-state index contributed by atoms with van der Waals surface area (Å²) in [4.78, 5) is 42.0. The number of methoxy groups -OCH3 is 1. The fourth-order valence-electron chi connectivity index (χ4n) is 4.75. The van der Waals surface area contributed by atoms with Crippen LogP contribution in [-0.4, -0.2) is 85.7 Å². The summed E-state index contributed by atoms with van der Waals surface area (Å²) in [5.41, 5.74) is 0.902. The van der Waals surface area contributed by atoms with Gasteiger partial charge in [0.15, 0.2) is 0 Å². The Kier molecular flexibility index (Phi) is 10.7. The fourth-order valence-corrected chi connectivity index (χ4v) is 4.75. The van der Waals surface area contributed by atoms with Crippen molar-refractivity contribution in [2.75, 3.05) is 58.6 Å². The van der Waals surface area contributed by atoms with E-state index in [2.05, 4.69) is 10.4 Å². The summed E-state index contributed by atoms with van der Waals surface area (Å²) in [5, 5.41) is 16.2. The average molecular weight is 644 g/mol. The Balaban J connectivity index is 0.000000488. The Morgan fingerprint density at radius 3 is 2.23 bits per heavy atom. The summed E-state index contributed by atoms with van der Waals surface area (Å²) < 4.78 is 36.5. The average Bonchev–Trinajstić information content (AvgIpc) is 3.48. The molecule has 0 fully saturated rings. The number of nitriles is 1. The predicted molar refractivity (Wildman–Crippen MR) is 173 cm³/mol. The quantitative estimate of drug-likeness (QED) is 0.301. The van der Waals surface area contributed by atoms with Crippen LogP contribution >= 0.6 is 0 Å². The lowest BCUT2D eigenvalue weighted by molar-refractivity contribution is -0.129. The van der Waals surface area contributed by atoms with Gasteiger partial charge in [0.05, 0.1) is 37.6 Å². The van der Waals surface area contributed by atoms with Gasteiger partial charge in [-0.2, -0.15) is 19.1 Å². The minimum Gasteiger partial charge on any atom is -0.495 e. The maximum absolute atomic E-state index is 14.9. The molecule has 47 heavy (non-hydrogen) atoms. The number of fused-ring (bicyclic) bond motifs is 1. The van der Waals surface area contributed by atoms with E-state index in [0.29, 0.717) is 24.5 Å². The summed E-state index contributed by atoms with van der Waals surface area (Å²) in [7, 11) is 8.69. The van der Waals surface area contributed by atoms with Crippen molar-refractivity contribution in [2.24, 2.45) is 0 Å². The van der Waals surface area contributed by atoms with E-state index in [1.165, 1.54) is 77.5 Å². The fraction of sp³-hybridized carbons (Fsp3) is 0.265. The number of hydrogen-bond acceptors (Lipinski definition) is 7. The summed E-state index contributed by atoms with van der Waals surface area (Å²) in [5.74, 6) is -3.67. The van der Waals surface area contributed by atoms with Gasteiger partial charge in [0.1, 0.15) is 17.5 Å². The highest BCUT2D eigenvalue weighted by Gasteiger charge is 2.35. The number of likely N-dealkylation sites (N-methyl/N-ethyl adjacent to an activating group) is 2. The van der Waals surface area contributed by atoms with Crippen LogP contribution in [-0.2, 0) is 17.3 Å². The highest BCUT2D eigenvalue weighted by atomic mass is 19.3. The van der Waals surface area contributed by atoms with Crippen LogP contribution in [0, 0.1) is 11.3 Å². The van der Waals surface area contributed by atoms with Crippen LogP contribution in [0.1, 0.15) is 37.5 Å². The molecule has 3 amide bonds. The first-order valence-electron chi connectivity index (χ1n) is 14.5. The summed E-state index contributed by atoms with van der Waals surface area (Å²) in [6, 6.07) is 19.5. The first-order valence-corrected chi connectivity index (χ1v) is 14.5. The second kappa shape index (κ2) is 14.7. The highest BCUT2D eigenvalue weighted by Crippen LogP contribution is 2.36. The van der Waals surface area contributed by atoms with Crippen LogP contribution < -0.4 is 15.0 Å². The molecular formula is C34H35F2N7O4. The van der Waals surface area contributed by atoms with Gasteiger partial charge in [-0.15, -0.1) is 0 Å². The minimum absolute atomic E-state index is 0.121. The largest absolute Gasteiger partial charge is 0.495 e. The molecule has 5 rings (SSSR count). The van der Waals surface area contributed by atoms with Crippen molar-refractivity contribution >= 4 is 29.1 Å². The molecule has 0 bridgehead atoms. The van der Waals surface area contributed by atoms with E-state index in [0.717, 1.165) is 0 Å². The highest BCUT2D eigenvalue weighted by molar-refractivity contribution is 6.13. The molecule has 0 saturated carbocycles. The van der Waals surface area contributed by atoms with Gasteiger partial charge in [-0.05, 0) is 44.4 Å². The molecule has 13 heteroatoms. The number of nitrogens with one attached hydrogen (secondary N) is 1. The van der Waals surface area contributed by atoms with Gasteiger partial charge in [0.25, 0.3) is 17.7 Å². The Hall–Kier alpha value is -5.61. The standard InChI is InChI=1S/C28H21F2N5O3.C6H14N2O/c1-38-24-12-7-18(15-19(24)16-31)26(36)33-23-17-32-35-14-13-34(27(37)25(23)35)22-10-8-21(9-11-22)28(29,30)20-5-3-2-4-6-20;1-7(2)5-6(9)8(3)4/h2-12,15,17H,13-14H2,1H3,(H,33,36);5H2,1-4H3. The SMILES string of the molecule is CN(C)CC(=O)N(C)C.COc1ccc(C(=O)Nc2cnn3c2C(=O)N(c2ccc(C(F)(F)c4ccccc4)cc2)CC3)cc1C#N. The Labute approximate surface area is 271 Å². The number of rotatable bonds is 8. The van der Waals surface area contributed by atoms with Gasteiger partial charge >= 0.3 is 0 Å². The molecule has 4 aromatic rings. The normalized spacial score (nSPS) is 12.4. The molecular weight excluding hydrogens is 608 g/mol. The van der Waals surface area contributed by atoms with Crippen LogP contribution in [0.5, 0.6) is 5.75 Å². The lowest BCUT2D eigenvalue weighted by Gasteiger charge is -2.28. The first kappa shape index (κ1) is 34.3. The molecule has 11 nitrogen and oxygen atoms in total. The zero-order chi connectivity index (χ0) is 34.3. The summed E-state index contributed by atoms with van der Waals surface area (Å²) in [6.45, 7) is 1.12. The van der Waals surface area contributed by atoms with E-state index in [4.69, 9.17) is 4.74 Å². The van der Waals surface area contributed by atoms with Crippen molar-refractivity contribution in [3.05, 3.63) is 107 Å². The molecule has 0 radical (unpaired) electrons. The third-order valence-corrected chi connectivity index (χ3v) is 7.28. The summed E-state index contributed by atoms with van der Waals surface area (Å²) in [6.07, 6.45) is 1.38. The molecule has 1 aromatic heterocycles. The number of anilines is 2. The van der Waals surface area contributed by atoms with Crippen LogP contribution in [0.2, 0.25) is 0 Å². The van der Waals surface area contributed by atoms with Gasteiger partial charge in [-0.25, -0.2) is 0 Å². The zero-order valence-electron chi connectivity index (χ0n) is 26.7. The molecule has 3 aromatic carbocycles. The molecule has 1 N–H and O–H groups in total. The number of halogens is 2. The Morgan fingerprint density at radius 1 is 1.00 bits per heavy atom. The van der Waals surface area contributed by atoms with Gasteiger partial charge in [-0.1, -0.05) is 42.5 Å². The Morgan fingerprint density at radius 2 is 1.66 bits per heavy atom. The molecule has 0 atom stereocenters. The van der Waals surface area contributed by atoms with E-state index in [-0.39, 0.29) is 46.1 Å². The third kappa shape index (κ3) is 7.79. The maximum Gasteiger partial charge on any atom is 0.298 e. The third-order valence-electron chi connectivity index (χ3n) is 7.28. The number of benzene rings is 3. The molecule has 0 aliphatic carbocycles. The number of carbonyl (C=O) groups excluding carboxylic acids is 3. The van der Waals surface area contributed by atoms with Gasteiger partial charge < -0.3 is 24.8 Å². The number of hydrogen-bond donors (Lipinski definition) is 1. The number of ether oxygens (including phenoxy) is 1. The topological polar surface area (TPSA) is 124 Å². The van der Waals surface area contributed by atoms with Crippen LogP contribution in [0.4, 0.5) is 20.2 Å². The lowest BCUT2D eigenvalue weighted by Crippen LogP contribution is -2.41. The number of nitrogens with zero attached hydrogens (tertiary/aromatic N) is 6. The second-order valence-corrected chi connectivity index (χ2v) is 11.1. The lowest BCUT2D eigenvalue weighted by atomic mass is 10.00. The van der Waals surface area contributed by atoms with E-state index in [9.17, 15) is 28.4 Å². The number of amides is 3. The molecule has 2 heterocycles. The predicted octanol–water partition coefficient (Wildman–Crippen LogP) is 4.45. The minimum atomic E-state index is -3.19. The molecule has 244 valence electrons. The van der Waals surface area contributed by atoms with E-state index < -0.39 is 17.7 Å². The van der Waals surface area contributed by atoms with Crippen LogP contribution in [0.15, 0.2) is 79.0 Å². The van der Waals surface area contributed by atoms with Crippen molar-refractivity contribution in [2.45, 2.75) is 12.5 Å². The van der Waals surface area contributed by atoms with Gasteiger partial charge in [-0.3, -0.25) is 19.1 Å². The van der Waals surface area contributed by atoms with Crippen LogP contribution in [0.3, 0.4) is 0 Å². The van der Waals surface area contributed by atoms with E-state index in [1.54, 1.807) is 37.2 Å². The monoisotopic (exact) mass is 643 g/mol. The zero-order valence-corrected chi connectivity index (χ0v) is 26.7. The van der Waals surface area contributed by atoms with Crippen molar-refractivity contribution in [3.63, 3.8) is 0 Å². The molecule has 1 aliphatic rings. The van der Waals surface area contributed by atoms with Gasteiger partial charge in [0, 0.05) is 43.0 Å². The first-order chi connectivity index (χ1) is 22.4. The van der Waals surface area contributed by atoms with Crippen molar-refractivity contribution in [3.8, 4) is 11.8 Å². The number of carbonyl (C=O) groups is 3. The van der Waals surface area contributed by atoms with Crippen molar-refractivity contribution < 1.29 is 27.9 Å². The Bertz CT molecular complexity index is 1780. The second-order valence-electron chi connectivity index (χ2n) is 11.1. The molecule has 0 saturated heterocycles. The summed E-state index contributed by atoms with van der Waals surface area (Å²) >= 11 is 0. The smallest absolute Gasteiger partial charge is 0.298 e. The van der Waals surface area contributed by atoms with Crippen LogP contribution in [0.25, 0.3) is 0 Å². The molecule has 0 spiro atoms. The van der Waals surface area contributed by atoms with Crippen molar-refractivity contribution in [1.82, 2.24) is 19.6 Å². The van der Waals surface area contributed by atoms with E-state index >= 15 is 0 Å². The van der Waals surface area contributed by atoms with Gasteiger partial charge in [0.2, 0.25) is 5.91 Å². The van der Waals surface area contributed by atoms with E-state index in [1.807, 2.05) is 25.1 Å². The maximum atomic E-state index is 14.9.